The van der Waals surface area contributed by atoms with Crippen molar-refractivity contribution in [3.05, 3.63) is 48.0 Å². The zero-order chi connectivity index (χ0) is 11.7. The number of rotatable bonds is 1. The summed E-state index contributed by atoms with van der Waals surface area (Å²) in [7, 11) is 0. The summed E-state index contributed by atoms with van der Waals surface area (Å²) in [6.07, 6.45) is 3.60. The highest BCUT2D eigenvalue weighted by Crippen LogP contribution is 2.35. The largest absolute Gasteiger partial charge is 0.371 e. The maximum Gasteiger partial charge on any atom is 0.0903 e. The first-order valence-electron chi connectivity index (χ1n) is 6.41. The molecule has 0 bridgehead atoms. The van der Waals surface area contributed by atoms with E-state index in [9.17, 15) is 0 Å². The van der Waals surface area contributed by atoms with E-state index in [2.05, 4.69) is 49.4 Å². The minimum Gasteiger partial charge on any atom is -0.371 e. The highest BCUT2D eigenvalue weighted by Gasteiger charge is 2.29. The molecule has 0 amide bonds. The predicted octanol–water partition coefficient (Wildman–Crippen LogP) is 4.26. The predicted molar refractivity (Wildman–Crippen MR) is 71.1 cm³/mol. The highest BCUT2D eigenvalue weighted by atomic mass is 16.5. The lowest BCUT2D eigenvalue weighted by Crippen LogP contribution is -2.30. The third-order valence-electron chi connectivity index (χ3n) is 3.83. The molecule has 1 aliphatic rings. The molecule has 3 rings (SSSR count). The number of hydrogen-bond donors (Lipinski definition) is 0. The van der Waals surface area contributed by atoms with E-state index in [-0.39, 0.29) is 5.60 Å². The van der Waals surface area contributed by atoms with Crippen molar-refractivity contribution in [2.75, 3.05) is 6.61 Å². The molecule has 0 aliphatic carbocycles. The minimum atomic E-state index is -0.0811. The first kappa shape index (κ1) is 10.8. The molecule has 2 aromatic carbocycles. The van der Waals surface area contributed by atoms with Crippen LogP contribution in [0.2, 0.25) is 0 Å². The van der Waals surface area contributed by atoms with Crippen LogP contribution in [0.5, 0.6) is 0 Å². The van der Waals surface area contributed by atoms with Crippen LogP contribution in [-0.2, 0) is 10.3 Å². The molecule has 88 valence electrons. The van der Waals surface area contributed by atoms with Gasteiger partial charge in [-0.05, 0) is 48.6 Å². The minimum absolute atomic E-state index is 0.0811. The number of ether oxygens (including phenoxy) is 1. The third-order valence-corrected chi connectivity index (χ3v) is 3.83. The number of benzene rings is 2. The second-order valence-electron chi connectivity index (χ2n) is 5.10. The Morgan fingerprint density at radius 2 is 1.82 bits per heavy atom. The first-order chi connectivity index (χ1) is 8.28. The molecule has 0 aromatic heterocycles. The van der Waals surface area contributed by atoms with Crippen LogP contribution in [0.3, 0.4) is 0 Å². The molecule has 0 spiro atoms. The van der Waals surface area contributed by atoms with Gasteiger partial charge >= 0.3 is 0 Å². The zero-order valence-corrected chi connectivity index (χ0v) is 10.3. The van der Waals surface area contributed by atoms with Crippen molar-refractivity contribution in [2.45, 2.75) is 31.8 Å². The normalized spacial score (nSPS) is 25.0. The quantitative estimate of drug-likeness (QED) is 0.706. The van der Waals surface area contributed by atoms with Gasteiger partial charge in [0, 0.05) is 6.61 Å². The van der Waals surface area contributed by atoms with Crippen LogP contribution in [0.1, 0.15) is 31.7 Å². The fraction of sp³-hybridized carbons (Fsp3) is 0.375. The Kier molecular flexibility index (Phi) is 2.64. The van der Waals surface area contributed by atoms with Crippen LogP contribution in [0.4, 0.5) is 0 Å². The molecule has 2 aromatic rings. The Balaban J connectivity index is 2.05. The molecule has 0 N–H and O–H groups in total. The topological polar surface area (TPSA) is 9.23 Å². The molecule has 1 unspecified atom stereocenters. The summed E-state index contributed by atoms with van der Waals surface area (Å²) in [6.45, 7) is 3.11. The Morgan fingerprint density at radius 3 is 2.59 bits per heavy atom. The summed E-state index contributed by atoms with van der Waals surface area (Å²) < 4.78 is 6.00. The van der Waals surface area contributed by atoms with E-state index >= 15 is 0 Å². The molecule has 0 saturated carbocycles. The number of fused-ring (bicyclic) bond motifs is 1. The van der Waals surface area contributed by atoms with Gasteiger partial charge in [-0.25, -0.2) is 0 Å². The molecule has 1 heteroatoms. The average Bonchev–Trinajstić information content (AvgIpc) is 2.39. The highest BCUT2D eigenvalue weighted by molar-refractivity contribution is 5.83. The van der Waals surface area contributed by atoms with Gasteiger partial charge in [-0.2, -0.15) is 0 Å². The van der Waals surface area contributed by atoms with Crippen LogP contribution in [0.15, 0.2) is 42.5 Å². The second-order valence-corrected chi connectivity index (χ2v) is 5.10. The van der Waals surface area contributed by atoms with Gasteiger partial charge < -0.3 is 4.74 Å². The van der Waals surface area contributed by atoms with Crippen LogP contribution in [-0.4, -0.2) is 6.61 Å². The third kappa shape index (κ3) is 1.96. The monoisotopic (exact) mass is 226 g/mol. The Bertz CT molecular complexity index is 524. The van der Waals surface area contributed by atoms with Crippen molar-refractivity contribution in [3.8, 4) is 0 Å². The Labute approximate surface area is 102 Å². The van der Waals surface area contributed by atoms with E-state index in [4.69, 9.17) is 4.74 Å². The van der Waals surface area contributed by atoms with Crippen molar-refractivity contribution >= 4 is 10.8 Å². The molecule has 1 nitrogen and oxygen atoms in total. The van der Waals surface area contributed by atoms with E-state index in [1.807, 2.05) is 0 Å². The van der Waals surface area contributed by atoms with Gasteiger partial charge in [0.15, 0.2) is 0 Å². The van der Waals surface area contributed by atoms with E-state index in [0.29, 0.717) is 0 Å². The van der Waals surface area contributed by atoms with Crippen LogP contribution < -0.4 is 0 Å². The van der Waals surface area contributed by atoms with E-state index < -0.39 is 0 Å². The van der Waals surface area contributed by atoms with E-state index in [1.54, 1.807) is 0 Å². The van der Waals surface area contributed by atoms with Crippen molar-refractivity contribution in [1.82, 2.24) is 0 Å². The maximum atomic E-state index is 6.00. The standard InChI is InChI=1S/C16H18O/c1-16(10-4-5-11-17-16)15-9-8-13-6-2-3-7-14(13)12-15/h2-3,6-9,12H,4-5,10-11H2,1H3. The Morgan fingerprint density at radius 1 is 1.00 bits per heavy atom. The van der Waals surface area contributed by atoms with Crippen LogP contribution >= 0.6 is 0 Å². The summed E-state index contributed by atoms with van der Waals surface area (Å²) in [5.41, 5.74) is 1.23. The summed E-state index contributed by atoms with van der Waals surface area (Å²) >= 11 is 0. The second kappa shape index (κ2) is 4.15. The summed E-state index contributed by atoms with van der Waals surface area (Å²) in [4.78, 5) is 0. The molecule has 17 heavy (non-hydrogen) atoms. The van der Waals surface area contributed by atoms with E-state index in [1.165, 1.54) is 29.2 Å². The summed E-state index contributed by atoms with van der Waals surface area (Å²) in [5, 5.41) is 2.61. The Hall–Kier alpha value is -1.34. The lowest BCUT2D eigenvalue weighted by molar-refractivity contribution is -0.0700. The SMILES string of the molecule is CC1(c2ccc3ccccc3c2)CCCCO1. The van der Waals surface area contributed by atoms with E-state index in [0.717, 1.165) is 13.0 Å². The summed E-state index contributed by atoms with van der Waals surface area (Å²) in [6, 6.07) is 15.2. The van der Waals surface area contributed by atoms with Gasteiger partial charge in [0.2, 0.25) is 0 Å². The first-order valence-corrected chi connectivity index (χ1v) is 6.41. The van der Waals surface area contributed by atoms with Crippen molar-refractivity contribution < 1.29 is 4.74 Å². The molecule has 1 atom stereocenters. The molecule has 1 saturated heterocycles. The van der Waals surface area contributed by atoms with Crippen LogP contribution in [0.25, 0.3) is 10.8 Å². The van der Waals surface area contributed by atoms with Crippen LogP contribution in [0, 0.1) is 0 Å². The zero-order valence-electron chi connectivity index (χ0n) is 10.3. The lowest BCUT2D eigenvalue weighted by atomic mass is 9.87. The summed E-state index contributed by atoms with van der Waals surface area (Å²) in [5.74, 6) is 0. The molecule has 1 aliphatic heterocycles. The smallest absolute Gasteiger partial charge is 0.0903 e. The molecule has 1 heterocycles. The maximum absolute atomic E-state index is 6.00. The lowest BCUT2D eigenvalue weighted by Gasteiger charge is -2.34. The molecular weight excluding hydrogens is 208 g/mol. The molecular formula is C16H18O. The van der Waals surface area contributed by atoms with Gasteiger partial charge in [-0.3, -0.25) is 0 Å². The van der Waals surface area contributed by atoms with Crippen molar-refractivity contribution in [3.63, 3.8) is 0 Å². The molecule has 0 radical (unpaired) electrons. The average molecular weight is 226 g/mol. The van der Waals surface area contributed by atoms with Crippen molar-refractivity contribution in [1.29, 1.82) is 0 Å². The fourth-order valence-electron chi connectivity index (χ4n) is 2.68. The van der Waals surface area contributed by atoms with Gasteiger partial charge in [0.05, 0.1) is 5.60 Å². The van der Waals surface area contributed by atoms with Gasteiger partial charge in [0.25, 0.3) is 0 Å². The van der Waals surface area contributed by atoms with Gasteiger partial charge in [0.1, 0.15) is 0 Å². The van der Waals surface area contributed by atoms with Gasteiger partial charge in [-0.1, -0.05) is 36.4 Å². The van der Waals surface area contributed by atoms with Crippen molar-refractivity contribution in [2.24, 2.45) is 0 Å². The number of hydrogen-bond acceptors (Lipinski definition) is 1. The molecule has 1 fully saturated rings. The fourth-order valence-corrected chi connectivity index (χ4v) is 2.68. The van der Waals surface area contributed by atoms with Gasteiger partial charge in [-0.15, -0.1) is 0 Å².